The first kappa shape index (κ1) is 16.7. The number of methoxy groups -OCH3 is 1. The van der Waals surface area contributed by atoms with E-state index in [1.165, 1.54) is 7.11 Å². The number of alkyl halides is 2. The van der Waals surface area contributed by atoms with Gasteiger partial charge in [-0.05, 0) is 17.7 Å². The predicted molar refractivity (Wildman–Crippen MR) is 84.3 cm³/mol. The van der Waals surface area contributed by atoms with Crippen LogP contribution in [0, 0.1) is 0 Å². The van der Waals surface area contributed by atoms with Gasteiger partial charge in [0.05, 0.1) is 7.11 Å². The lowest BCUT2D eigenvalue weighted by Gasteiger charge is -2.15. The topological polar surface area (TPSA) is 30.5 Å². The monoisotopic (exact) mass is 371 g/mol. The van der Waals surface area contributed by atoms with Crippen molar-refractivity contribution >= 4 is 15.9 Å². The molecule has 0 atom stereocenters. The van der Waals surface area contributed by atoms with Crippen LogP contribution in [0.2, 0.25) is 0 Å². The van der Waals surface area contributed by atoms with Crippen molar-refractivity contribution in [2.45, 2.75) is 19.7 Å². The molecule has 2 aromatic rings. The van der Waals surface area contributed by atoms with Crippen molar-refractivity contribution in [1.82, 2.24) is 5.32 Å². The molecule has 0 radical (unpaired) electrons. The molecule has 2 rings (SSSR count). The van der Waals surface area contributed by atoms with Crippen LogP contribution in [0.4, 0.5) is 8.78 Å². The van der Waals surface area contributed by atoms with Gasteiger partial charge in [-0.25, -0.2) is 0 Å². The van der Waals surface area contributed by atoms with Gasteiger partial charge in [0, 0.05) is 23.1 Å². The van der Waals surface area contributed by atoms with Gasteiger partial charge in [-0.15, -0.1) is 0 Å². The third kappa shape index (κ3) is 4.42. The minimum atomic E-state index is -2.89. The fraction of sp³-hybridized carbons (Fsp3) is 0.250. The van der Waals surface area contributed by atoms with Crippen molar-refractivity contribution in [3.05, 3.63) is 58.1 Å². The first-order valence-electron chi connectivity index (χ1n) is 6.66. The minimum absolute atomic E-state index is 0.0691. The molecule has 0 unspecified atom stereocenters. The van der Waals surface area contributed by atoms with Gasteiger partial charge >= 0.3 is 6.61 Å². The van der Waals surface area contributed by atoms with Crippen molar-refractivity contribution < 1.29 is 18.3 Å². The van der Waals surface area contributed by atoms with Gasteiger partial charge in [-0.1, -0.05) is 46.3 Å². The molecule has 0 aromatic heterocycles. The Morgan fingerprint density at radius 1 is 1.05 bits per heavy atom. The highest BCUT2D eigenvalue weighted by molar-refractivity contribution is 9.10. The summed E-state index contributed by atoms with van der Waals surface area (Å²) in [6.45, 7) is -1.90. The van der Waals surface area contributed by atoms with E-state index in [0.717, 1.165) is 10.0 Å². The van der Waals surface area contributed by atoms with Gasteiger partial charge in [0.2, 0.25) is 0 Å². The van der Waals surface area contributed by atoms with Crippen molar-refractivity contribution in [3.8, 4) is 11.5 Å². The van der Waals surface area contributed by atoms with Crippen LogP contribution in [0.5, 0.6) is 11.5 Å². The van der Waals surface area contributed by atoms with Crippen LogP contribution < -0.4 is 14.8 Å². The number of rotatable bonds is 7. The van der Waals surface area contributed by atoms with Crippen molar-refractivity contribution in [1.29, 1.82) is 0 Å². The predicted octanol–water partition coefficient (Wildman–Crippen LogP) is 4.35. The van der Waals surface area contributed by atoms with E-state index in [1.54, 1.807) is 18.2 Å². The number of hydrogen-bond acceptors (Lipinski definition) is 3. The fourth-order valence-electron chi connectivity index (χ4n) is 2.06. The summed E-state index contributed by atoms with van der Waals surface area (Å²) in [4.78, 5) is 0. The zero-order chi connectivity index (χ0) is 15.9. The summed E-state index contributed by atoms with van der Waals surface area (Å²) in [5, 5.41) is 3.21. The molecule has 0 aliphatic heterocycles. The third-order valence-electron chi connectivity index (χ3n) is 3.08. The van der Waals surface area contributed by atoms with Crippen molar-refractivity contribution in [2.24, 2.45) is 0 Å². The lowest BCUT2D eigenvalue weighted by Crippen LogP contribution is -2.15. The van der Waals surface area contributed by atoms with Gasteiger partial charge in [0.15, 0.2) is 11.5 Å². The summed E-state index contributed by atoms with van der Waals surface area (Å²) in [5.74, 6) is 0.361. The molecule has 3 nitrogen and oxygen atoms in total. The highest BCUT2D eigenvalue weighted by Gasteiger charge is 2.15. The Morgan fingerprint density at radius 3 is 2.41 bits per heavy atom. The molecule has 0 aliphatic rings. The minimum Gasteiger partial charge on any atom is -0.493 e. The quantitative estimate of drug-likeness (QED) is 0.784. The molecule has 0 saturated heterocycles. The van der Waals surface area contributed by atoms with Gasteiger partial charge < -0.3 is 14.8 Å². The van der Waals surface area contributed by atoms with E-state index in [0.29, 0.717) is 24.4 Å². The summed E-state index contributed by atoms with van der Waals surface area (Å²) in [5.41, 5.74) is 1.70. The molecular formula is C16H16BrF2NO2. The zero-order valence-electron chi connectivity index (χ0n) is 12.0. The standard InChI is InChI=1S/C16H16BrF2NO2/c1-21-14-8-4-6-12(15(14)22-16(18)19)10-20-9-11-5-2-3-7-13(11)17/h2-8,16,20H,9-10H2,1H3. The van der Waals surface area contributed by atoms with Crippen molar-refractivity contribution in [3.63, 3.8) is 0 Å². The van der Waals surface area contributed by atoms with Crippen LogP contribution in [-0.2, 0) is 13.1 Å². The van der Waals surface area contributed by atoms with Crippen LogP contribution in [-0.4, -0.2) is 13.7 Å². The SMILES string of the molecule is COc1cccc(CNCc2ccccc2Br)c1OC(F)F. The zero-order valence-corrected chi connectivity index (χ0v) is 13.6. The Hall–Kier alpha value is -1.66. The van der Waals surface area contributed by atoms with Crippen LogP contribution in [0.15, 0.2) is 46.9 Å². The molecule has 1 N–H and O–H groups in total. The van der Waals surface area contributed by atoms with Gasteiger partial charge in [0.25, 0.3) is 0 Å². The van der Waals surface area contributed by atoms with Crippen molar-refractivity contribution in [2.75, 3.05) is 7.11 Å². The Kier molecular flexibility index (Phi) is 6.15. The maximum absolute atomic E-state index is 12.6. The van der Waals surface area contributed by atoms with E-state index < -0.39 is 6.61 Å². The summed E-state index contributed by atoms with van der Waals surface area (Å²) in [6, 6.07) is 12.9. The maximum Gasteiger partial charge on any atom is 0.387 e. The summed E-state index contributed by atoms with van der Waals surface area (Å²) in [6.07, 6.45) is 0. The molecule has 22 heavy (non-hydrogen) atoms. The number of halogens is 3. The molecule has 2 aromatic carbocycles. The van der Waals surface area contributed by atoms with E-state index in [-0.39, 0.29) is 5.75 Å². The smallest absolute Gasteiger partial charge is 0.387 e. The van der Waals surface area contributed by atoms with E-state index in [2.05, 4.69) is 26.0 Å². The summed E-state index contributed by atoms with van der Waals surface area (Å²) in [7, 11) is 1.42. The maximum atomic E-state index is 12.6. The number of benzene rings is 2. The molecule has 0 saturated carbocycles. The molecule has 0 fully saturated rings. The van der Waals surface area contributed by atoms with Gasteiger partial charge in [0.1, 0.15) is 0 Å². The molecule has 6 heteroatoms. The Labute approximate surface area is 136 Å². The van der Waals surface area contributed by atoms with E-state index in [4.69, 9.17) is 4.74 Å². The molecule has 0 aliphatic carbocycles. The van der Waals surface area contributed by atoms with E-state index in [1.807, 2.05) is 24.3 Å². The number of hydrogen-bond donors (Lipinski definition) is 1. The number of ether oxygens (including phenoxy) is 2. The Morgan fingerprint density at radius 2 is 1.73 bits per heavy atom. The average Bonchev–Trinajstić information content (AvgIpc) is 2.50. The number of nitrogens with one attached hydrogen (secondary N) is 1. The molecule has 118 valence electrons. The second kappa shape index (κ2) is 8.10. The molecule has 0 bridgehead atoms. The van der Waals surface area contributed by atoms with Crippen LogP contribution in [0.3, 0.4) is 0 Å². The van der Waals surface area contributed by atoms with Crippen LogP contribution >= 0.6 is 15.9 Å². The van der Waals surface area contributed by atoms with Crippen LogP contribution in [0.25, 0.3) is 0 Å². The van der Waals surface area contributed by atoms with E-state index in [9.17, 15) is 8.78 Å². The van der Waals surface area contributed by atoms with E-state index >= 15 is 0 Å². The first-order valence-corrected chi connectivity index (χ1v) is 7.46. The highest BCUT2D eigenvalue weighted by atomic mass is 79.9. The molecule has 0 amide bonds. The van der Waals surface area contributed by atoms with Gasteiger partial charge in [-0.3, -0.25) is 0 Å². The normalized spacial score (nSPS) is 10.8. The molecule has 0 heterocycles. The Balaban J connectivity index is 2.07. The molecule has 0 spiro atoms. The largest absolute Gasteiger partial charge is 0.493 e. The number of para-hydroxylation sites is 1. The second-order valence-electron chi connectivity index (χ2n) is 4.52. The first-order chi connectivity index (χ1) is 10.6. The summed E-state index contributed by atoms with van der Waals surface area (Å²) >= 11 is 3.47. The highest BCUT2D eigenvalue weighted by Crippen LogP contribution is 2.32. The fourth-order valence-corrected chi connectivity index (χ4v) is 2.48. The third-order valence-corrected chi connectivity index (χ3v) is 3.85. The van der Waals surface area contributed by atoms with Gasteiger partial charge in [-0.2, -0.15) is 8.78 Å². The average molecular weight is 372 g/mol. The lowest BCUT2D eigenvalue weighted by atomic mass is 10.1. The Bertz CT molecular complexity index is 623. The lowest BCUT2D eigenvalue weighted by molar-refractivity contribution is -0.0518. The van der Waals surface area contributed by atoms with Crippen LogP contribution in [0.1, 0.15) is 11.1 Å². The molecular weight excluding hydrogens is 356 g/mol. The summed E-state index contributed by atoms with van der Waals surface area (Å²) < 4.78 is 35.8. The second-order valence-corrected chi connectivity index (χ2v) is 5.38.